The second-order valence-electron chi connectivity index (χ2n) is 13.1. The van der Waals surface area contributed by atoms with Crippen molar-refractivity contribution in [3.8, 4) is 17.2 Å². The summed E-state index contributed by atoms with van der Waals surface area (Å²) in [5, 5.41) is 29.4. The predicted octanol–water partition coefficient (Wildman–Crippen LogP) is 3.81. The zero-order chi connectivity index (χ0) is 31.5. The highest BCUT2D eigenvalue weighted by atomic mass is 127. The third-order valence-corrected chi connectivity index (χ3v) is 10.3. The van der Waals surface area contributed by atoms with Gasteiger partial charge in [-0.05, 0) is 82.6 Å². The molecule has 3 saturated heterocycles. The van der Waals surface area contributed by atoms with E-state index in [1.54, 1.807) is 0 Å². The third-order valence-electron chi connectivity index (χ3n) is 9.45. The van der Waals surface area contributed by atoms with Gasteiger partial charge in [0.1, 0.15) is 37.1 Å². The number of aliphatic hydroxyl groups excluding tert-OH is 3. The molecule has 10 heteroatoms. The molecule has 6 rings (SSSR count). The van der Waals surface area contributed by atoms with E-state index in [2.05, 4.69) is 65.9 Å². The van der Waals surface area contributed by atoms with E-state index >= 15 is 0 Å². The van der Waals surface area contributed by atoms with Gasteiger partial charge in [0.25, 0.3) is 0 Å². The lowest BCUT2D eigenvalue weighted by Crippen LogP contribution is -2.50. The van der Waals surface area contributed by atoms with Crippen molar-refractivity contribution in [2.75, 3.05) is 79.3 Å². The fraction of sp³-hybridized carbons (Fsp3) is 0.486. The molecule has 3 aromatic rings. The van der Waals surface area contributed by atoms with Gasteiger partial charge >= 0.3 is 0 Å². The summed E-state index contributed by atoms with van der Waals surface area (Å²) in [7, 11) is 0. The van der Waals surface area contributed by atoms with Crippen molar-refractivity contribution in [3.05, 3.63) is 87.0 Å². The molecule has 3 heterocycles. The Morgan fingerprint density at radius 2 is 0.978 bits per heavy atom. The summed E-state index contributed by atoms with van der Waals surface area (Å²) < 4.78 is 35.2. The summed E-state index contributed by atoms with van der Waals surface area (Å²) in [5.41, 5.74) is 1.70. The molecular formula is C35H41IO9. The summed E-state index contributed by atoms with van der Waals surface area (Å²) in [6.45, 7) is 6.49. The molecule has 45 heavy (non-hydrogen) atoms. The second-order valence-corrected chi connectivity index (χ2v) is 14.3. The van der Waals surface area contributed by atoms with Gasteiger partial charge in [0, 0.05) is 5.41 Å². The minimum Gasteiger partial charge on any atom is -0.493 e. The molecule has 0 saturated carbocycles. The van der Waals surface area contributed by atoms with Crippen LogP contribution < -0.4 is 14.2 Å². The molecule has 3 aromatic carbocycles. The number of halogens is 1. The average molecular weight is 733 g/mol. The number of aliphatic hydroxyl groups is 3. The first-order valence-electron chi connectivity index (χ1n) is 15.2. The van der Waals surface area contributed by atoms with Crippen molar-refractivity contribution in [2.24, 2.45) is 16.2 Å². The molecule has 0 bridgehead atoms. The molecule has 0 aliphatic carbocycles. The Balaban J connectivity index is 1.26. The van der Waals surface area contributed by atoms with Gasteiger partial charge < -0.3 is 43.7 Å². The lowest BCUT2D eigenvalue weighted by molar-refractivity contribution is -0.153. The molecule has 3 N–H and O–H groups in total. The Morgan fingerprint density at radius 3 is 1.31 bits per heavy atom. The van der Waals surface area contributed by atoms with Crippen LogP contribution in [0.3, 0.4) is 0 Å². The minimum absolute atomic E-state index is 0.0304. The van der Waals surface area contributed by atoms with Gasteiger partial charge in [-0.15, -0.1) is 0 Å². The largest absolute Gasteiger partial charge is 0.493 e. The predicted molar refractivity (Wildman–Crippen MR) is 175 cm³/mol. The van der Waals surface area contributed by atoms with E-state index in [-0.39, 0.29) is 36.1 Å². The highest BCUT2D eigenvalue weighted by molar-refractivity contribution is 14.1. The van der Waals surface area contributed by atoms with Gasteiger partial charge in [-0.3, -0.25) is 0 Å². The van der Waals surface area contributed by atoms with Crippen molar-refractivity contribution >= 4 is 22.6 Å². The molecule has 3 aliphatic rings. The Bertz CT molecular complexity index is 1340. The highest BCUT2D eigenvalue weighted by Gasteiger charge is 2.41. The van der Waals surface area contributed by atoms with Crippen molar-refractivity contribution in [2.45, 2.75) is 12.3 Å². The molecule has 242 valence electrons. The normalized spacial score (nSPS) is 19.5. The van der Waals surface area contributed by atoms with Crippen LogP contribution in [-0.4, -0.2) is 94.6 Å². The van der Waals surface area contributed by atoms with Crippen molar-refractivity contribution in [1.29, 1.82) is 0 Å². The maximum absolute atomic E-state index is 9.82. The fourth-order valence-electron chi connectivity index (χ4n) is 5.73. The van der Waals surface area contributed by atoms with Crippen LogP contribution in [0.5, 0.6) is 17.2 Å². The number of ether oxygens (including phenoxy) is 6. The molecule has 0 radical (unpaired) electrons. The monoisotopic (exact) mass is 732 g/mol. The molecule has 3 fully saturated rings. The van der Waals surface area contributed by atoms with Crippen LogP contribution in [-0.2, 0) is 19.6 Å². The number of rotatable bonds is 15. The quantitative estimate of drug-likeness (QED) is 0.159. The molecule has 0 spiro atoms. The first-order chi connectivity index (χ1) is 21.8. The standard InChI is InChI=1S/C35H41IO9/c1-32(25-2-7-28(8-3-25)43-22-33(13-37)16-40-17-33,26-4-9-29(10-5-26)44-23-34(14-38)18-41-19-34)27-6-11-31(30(36)12-27)45-24-35(15-39)20-42-21-35/h2-12,37-39H,13-24H2,1H3. The number of hydrogen-bond acceptors (Lipinski definition) is 9. The van der Waals surface area contributed by atoms with Crippen LogP contribution in [0.15, 0.2) is 66.7 Å². The van der Waals surface area contributed by atoms with Crippen LogP contribution >= 0.6 is 22.6 Å². The van der Waals surface area contributed by atoms with Crippen LogP contribution in [0.2, 0.25) is 0 Å². The first-order valence-corrected chi connectivity index (χ1v) is 16.3. The van der Waals surface area contributed by atoms with E-state index in [0.717, 1.165) is 37.5 Å². The molecule has 0 unspecified atom stereocenters. The van der Waals surface area contributed by atoms with E-state index in [1.165, 1.54) is 0 Å². The van der Waals surface area contributed by atoms with Gasteiger partial charge in [-0.1, -0.05) is 30.3 Å². The second kappa shape index (κ2) is 13.3. The molecule has 0 aromatic heterocycles. The van der Waals surface area contributed by atoms with Gasteiger partial charge in [-0.25, -0.2) is 0 Å². The SMILES string of the molecule is CC(c1ccc(OCC2(CO)COC2)cc1)(c1ccc(OCC2(CO)COC2)cc1)c1ccc(OCC2(CO)COC2)c(I)c1. The van der Waals surface area contributed by atoms with Crippen LogP contribution in [0.1, 0.15) is 23.6 Å². The van der Waals surface area contributed by atoms with E-state index in [1.807, 2.05) is 30.3 Å². The third kappa shape index (κ3) is 6.56. The average Bonchev–Trinajstić information content (AvgIpc) is 3.01. The Morgan fingerprint density at radius 1 is 0.600 bits per heavy atom. The molecule has 9 nitrogen and oxygen atoms in total. The molecule has 0 atom stereocenters. The molecular weight excluding hydrogens is 691 g/mol. The highest BCUT2D eigenvalue weighted by Crippen LogP contribution is 2.42. The number of benzene rings is 3. The summed E-state index contributed by atoms with van der Waals surface area (Å²) in [6.07, 6.45) is 0. The van der Waals surface area contributed by atoms with Crippen molar-refractivity contribution in [3.63, 3.8) is 0 Å². The fourth-order valence-corrected chi connectivity index (χ4v) is 6.41. The Kier molecular flexibility index (Phi) is 9.64. The van der Waals surface area contributed by atoms with Crippen molar-refractivity contribution in [1.82, 2.24) is 0 Å². The minimum atomic E-state index is -0.536. The first kappa shape index (κ1) is 32.5. The summed E-state index contributed by atoms with van der Waals surface area (Å²) in [4.78, 5) is 0. The van der Waals surface area contributed by atoms with E-state index in [0.29, 0.717) is 59.5 Å². The van der Waals surface area contributed by atoms with Gasteiger partial charge in [0.2, 0.25) is 0 Å². The Hall–Kier alpha value is -2.45. The number of hydrogen-bond donors (Lipinski definition) is 3. The lowest BCUT2D eigenvalue weighted by Gasteiger charge is -2.39. The maximum Gasteiger partial charge on any atom is 0.132 e. The van der Waals surface area contributed by atoms with Crippen LogP contribution in [0.4, 0.5) is 0 Å². The smallest absolute Gasteiger partial charge is 0.132 e. The maximum atomic E-state index is 9.82. The molecule has 3 aliphatic heterocycles. The lowest BCUT2D eigenvalue weighted by atomic mass is 9.71. The topological polar surface area (TPSA) is 116 Å². The van der Waals surface area contributed by atoms with Gasteiger partial charge in [0.15, 0.2) is 0 Å². The van der Waals surface area contributed by atoms with Crippen LogP contribution in [0, 0.1) is 19.8 Å². The zero-order valence-electron chi connectivity index (χ0n) is 25.5. The van der Waals surface area contributed by atoms with Gasteiger partial charge in [0.05, 0.1) is 79.3 Å². The molecule has 0 amide bonds. The summed E-state index contributed by atoms with van der Waals surface area (Å²) in [6, 6.07) is 22.5. The van der Waals surface area contributed by atoms with Crippen molar-refractivity contribution < 1.29 is 43.7 Å². The van der Waals surface area contributed by atoms with E-state index in [9.17, 15) is 15.3 Å². The van der Waals surface area contributed by atoms with E-state index in [4.69, 9.17) is 28.4 Å². The Labute approximate surface area is 277 Å². The van der Waals surface area contributed by atoms with Crippen LogP contribution in [0.25, 0.3) is 0 Å². The zero-order valence-corrected chi connectivity index (χ0v) is 27.7. The van der Waals surface area contributed by atoms with E-state index < -0.39 is 5.41 Å². The van der Waals surface area contributed by atoms with Gasteiger partial charge in [-0.2, -0.15) is 0 Å². The summed E-state index contributed by atoms with van der Waals surface area (Å²) >= 11 is 2.31. The summed E-state index contributed by atoms with van der Waals surface area (Å²) in [5.74, 6) is 2.24.